The van der Waals surface area contributed by atoms with Crippen LogP contribution in [-0.2, 0) is 11.3 Å². The van der Waals surface area contributed by atoms with Crippen molar-refractivity contribution in [3.8, 4) is 0 Å². The number of pyridine rings is 2. The lowest BCUT2D eigenvalue weighted by Gasteiger charge is -2.21. The lowest BCUT2D eigenvalue weighted by Crippen LogP contribution is -2.19. The van der Waals surface area contributed by atoms with Crippen LogP contribution in [0, 0.1) is 6.92 Å². The molecule has 0 bridgehead atoms. The zero-order chi connectivity index (χ0) is 18.7. The second-order valence-electron chi connectivity index (χ2n) is 7.18. The smallest absolute Gasteiger partial charge is 0.276 e. The molecule has 3 rings (SSSR count). The summed E-state index contributed by atoms with van der Waals surface area (Å²) in [6.07, 6.45) is 3.29. The maximum atomic E-state index is 12.8. The van der Waals surface area contributed by atoms with Gasteiger partial charge in [-0.2, -0.15) is 0 Å². The van der Waals surface area contributed by atoms with E-state index in [1.165, 1.54) is 0 Å². The molecule has 0 aliphatic rings. The molecule has 2 heterocycles. The number of anilines is 1. The molecule has 5 nitrogen and oxygen atoms in total. The highest BCUT2D eigenvalue weighted by atomic mass is 16.5. The number of fused-ring (bicyclic) bond motifs is 1. The maximum absolute atomic E-state index is 12.8. The van der Waals surface area contributed by atoms with Crippen molar-refractivity contribution < 1.29 is 9.53 Å². The van der Waals surface area contributed by atoms with Gasteiger partial charge in [0, 0.05) is 23.5 Å². The number of benzene rings is 1. The molecule has 134 valence electrons. The summed E-state index contributed by atoms with van der Waals surface area (Å²) in [6, 6.07) is 11.4. The minimum atomic E-state index is -0.272. The van der Waals surface area contributed by atoms with Crippen molar-refractivity contribution in [2.45, 2.75) is 39.9 Å². The molecule has 2 aromatic heterocycles. The largest absolute Gasteiger partial charge is 0.371 e. The van der Waals surface area contributed by atoms with Gasteiger partial charge in [-0.1, -0.05) is 18.2 Å². The zero-order valence-electron chi connectivity index (χ0n) is 15.5. The predicted molar refractivity (Wildman–Crippen MR) is 103 cm³/mol. The van der Waals surface area contributed by atoms with E-state index in [1.54, 1.807) is 12.4 Å². The number of aromatic nitrogens is 2. The van der Waals surface area contributed by atoms with E-state index >= 15 is 0 Å². The summed E-state index contributed by atoms with van der Waals surface area (Å²) < 4.78 is 5.86. The first kappa shape index (κ1) is 18.0. The topological polar surface area (TPSA) is 64.1 Å². The standard InChI is InChI=1S/C21H23N3O2/c1-14-16(13-26-21(2,3)4)7-5-9-17(14)24-20(25)19-18-15(10-12-23-19)8-6-11-22-18/h5-12H,13H2,1-4H3,(H,24,25). The number of hydrogen-bond donors (Lipinski definition) is 1. The van der Waals surface area contributed by atoms with Crippen LogP contribution in [0.1, 0.15) is 42.4 Å². The molecule has 26 heavy (non-hydrogen) atoms. The zero-order valence-corrected chi connectivity index (χ0v) is 15.5. The van der Waals surface area contributed by atoms with Gasteiger partial charge in [0.25, 0.3) is 5.91 Å². The number of rotatable bonds is 4. The van der Waals surface area contributed by atoms with E-state index in [9.17, 15) is 4.79 Å². The molecule has 0 unspecified atom stereocenters. The fourth-order valence-electron chi connectivity index (χ4n) is 2.62. The summed E-state index contributed by atoms with van der Waals surface area (Å²) >= 11 is 0. The Morgan fingerprint density at radius 2 is 1.88 bits per heavy atom. The molecule has 0 radical (unpaired) electrons. The molecule has 0 spiro atoms. The normalized spacial score (nSPS) is 11.5. The first-order chi connectivity index (χ1) is 12.3. The Bertz CT molecular complexity index is 940. The summed E-state index contributed by atoms with van der Waals surface area (Å²) in [5.41, 5.74) is 3.47. The minimum Gasteiger partial charge on any atom is -0.371 e. The van der Waals surface area contributed by atoms with Crippen molar-refractivity contribution in [1.29, 1.82) is 0 Å². The van der Waals surface area contributed by atoms with Crippen LogP contribution in [-0.4, -0.2) is 21.5 Å². The van der Waals surface area contributed by atoms with Gasteiger partial charge in [0.2, 0.25) is 0 Å². The van der Waals surface area contributed by atoms with Crippen molar-refractivity contribution in [2.24, 2.45) is 0 Å². The number of carbonyl (C=O) groups excluding carboxylic acids is 1. The highest BCUT2D eigenvalue weighted by molar-refractivity contribution is 6.10. The van der Waals surface area contributed by atoms with Crippen LogP contribution in [0.4, 0.5) is 5.69 Å². The van der Waals surface area contributed by atoms with E-state index in [4.69, 9.17) is 4.74 Å². The molecule has 1 amide bonds. The first-order valence-electron chi connectivity index (χ1n) is 8.59. The molecule has 1 N–H and O–H groups in total. The van der Waals surface area contributed by atoms with Crippen molar-refractivity contribution in [1.82, 2.24) is 9.97 Å². The van der Waals surface area contributed by atoms with Gasteiger partial charge in [-0.05, 0) is 57.0 Å². The molecule has 1 aromatic carbocycles. The third-order valence-electron chi connectivity index (χ3n) is 4.09. The Labute approximate surface area is 153 Å². The van der Waals surface area contributed by atoms with E-state index in [0.717, 1.165) is 22.2 Å². The van der Waals surface area contributed by atoms with Crippen LogP contribution >= 0.6 is 0 Å². The number of nitrogens with zero attached hydrogens (tertiary/aromatic N) is 2. The number of hydrogen-bond acceptors (Lipinski definition) is 4. The van der Waals surface area contributed by atoms with Crippen molar-refractivity contribution in [3.05, 3.63) is 65.6 Å². The van der Waals surface area contributed by atoms with Gasteiger partial charge in [-0.15, -0.1) is 0 Å². The molecular weight excluding hydrogens is 326 g/mol. The van der Waals surface area contributed by atoms with E-state index in [-0.39, 0.29) is 11.5 Å². The van der Waals surface area contributed by atoms with Crippen LogP contribution in [0.3, 0.4) is 0 Å². The summed E-state index contributed by atoms with van der Waals surface area (Å²) in [7, 11) is 0. The fraction of sp³-hybridized carbons (Fsp3) is 0.286. The minimum absolute atomic E-state index is 0.218. The number of nitrogens with one attached hydrogen (secondary N) is 1. The van der Waals surface area contributed by atoms with Gasteiger partial charge in [0.05, 0.1) is 12.2 Å². The van der Waals surface area contributed by atoms with Crippen LogP contribution < -0.4 is 5.32 Å². The Morgan fingerprint density at radius 1 is 1.08 bits per heavy atom. The summed E-state index contributed by atoms with van der Waals surface area (Å²) in [5.74, 6) is -0.272. The van der Waals surface area contributed by atoms with Gasteiger partial charge in [0.15, 0.2) is 5.69 Å². The van der Waals surface area contributed by atoms with Crippen molar-refractivity contribution in [3.63, 3.8) is 0 Å². The number of carbonyl (C=O) groups is 1. The van der Waals surface area contributed by atoms with Crippen LogP contribution in [0.15, 0.2) is 48.8 Å². The number of ether oxygens (including phenoxy) is 1. The monoisotopic (exact) mass is 349 g/mol. The van der Waals surface area contributed by atoms with Crippen molar-refractivity contribution >= 4 is 22.5 Å². The lowest BCUT2D eigenvalue weighted by atomic mass is 10.1. The summed E-state index contributed by atoms with van der Waals surface area (Å²) in [6.45, 7) is 8.53. The second kappa shape index (κ2) is 7.22. The van der Waals surface area contributed by atoms with Gasteiger partial charge in [0.1, 0.15) is 5.52 Å². The maximum Gasteiger partial charge on any atom is 0.276 e. The van der Waals surface area contributed by atoms with E-state index < -0.39 is 0 Å². The molecule has 5 heteroatoms. The van der Waals surface area contributed by atoms with Crippen LogP contribution in [0.2, 0.25) is 0 Å². The average molecular weight is 349 g/mol. The van der Waals surface area contributed by atoms with Gasteiger partial charge in [-0.25, -0.2) is 4.98 Å². The molecule has 0 atom stereocenters. The lowest BCUT2D eigenvalue weighted by molar-refractivity contribution is -0.0151. The van der Waals surface area contributed by atoms with Gasteiger partial charge in [-0.3, -0.25) is 9.78 Å². The molecule has 0 aliphatic heterocycles. The van der Waals surface area contributed by atoms with E-state index in [0.29, 0.717) is 17.8 Å². The predicted octanol–water partition coefficient (Wildman–Crippen LogP) is 4.51. The molecule has 0 saturated heterocycles. The summed E-state index contributed by atoms with van der Waals surface area (Å²) in [4.78, 5) is 21.3. The SMILES string of the molecule is Cc1c(COC(C)(C)C)cccc1NC(=O)c1nccc2cccnc12. The second-order valence-corrected chi connectivity index (χ2v) is 7.18. The van der Waals surface area contributed by atoms with Crippen LogP contribution in [0.25, 0.3) is 10.9 Å². The molecule has 3 aromatic rings. The van der Waals surface area contributed by atoms with Crippen LogP contribution in [0.5, 0.6) is 0 Å². The van der Waals surface area contributed by atoms with Crippen molar-refractivity contribution in [2.75, 3.05) is 5.32 Å². The average Bonchev–Trinajstić information content (AvgIpc) is 2.61. The highest BCUT2D eigenvalue weighted by Crippen LogP contribution is 2.23. The highest BCUT2D eigenvalue weighted by Gasteiger charge is 2.16. The first-order valence-corrected chi connectivity index (χ1v) is 8.59. The van der Waals surface area contributed by atoms with E-state index in [1.807, 2.05) is 64.1 Å². The summed E-state index contributed by atoms with van der Waals surface area (Å²) in [5, 5.41) is 3.85. The Morgan fingerprint density at radius 3 is 2.65 bits per heavy atom. The molecule has 0 aliphatic carbocycles. The third-order valence-corrected chi connectivity index (χ3v) is 4.09. The molecule has 0 fully saturated rings. The number of amides is 1. The van der Waals surface area contributed by atoms with E-state index in [2.05, 4.69) is 15.3 Å². The Balaban J connectivity index is 1.85. The Hall–Kier alpha value is -2.79. The molecule has 0 saturated carbocycles. The third kappa shape index (κ3) is 4.06. The fourth-order valence-corrected chi connectivity index (χ4v) is 2.62. The quantitative estimate of drug-likeness (QED) is 0.753. The van der Waals surface area contributed by atoms with Gasteiger partial charge < -0.3 is 10.1 Å². The van der Waals surface area contributed by atoms with Gasteiger partial charge >= 0.3 is 0 Å². The Kier molecular flexibility index (Phi) is 5.00. The molecular formula is C21H23N3O2.